The Labute approximate surface area is 152 Å². The van der Waals surface area contributed by atoms with Gasteiger partial charge in [-0.05, 0) is 30.0 Å². The molecule has 0 radical (unpaired) electrons. The first-order valence-electron chi connectivity index (χ1n) is 7.21. The van der Waals surface area contributed by atoms with Crippen LogP contribution in [0.25, 0.3) is 6.08 Å². The minimum absolute atomic E-state index is 0.187. The molecular formula is C16H14N4O3S2. The van der Waals surface area contributed by atoms with E-state index in [0.717, 1.165) is 4.88 Å². The molecule has 25 heavy (non-hydrogen) atoms. The van der Waals surface area contributed by atoms with E-state index < -0.39 is 0 Å². The zero-order chi connectivity index (χ0) is 17.8. The van der Waals surface area contributed by atoms with Gasteiger partial charge in [0.15, 0.2) is 10.3 Å². The fourth-order valence-electron chi connectivity index (χ4n) is 2.00. The molecule has 2 heterocycles. The molecule has 2 aromatic rings. The van der Waals surface area contributed by atoms with Crippen molar-refractivity contribution in [3.63, 3.8) is 0 Å². The van der Waals surface area contributed by atoms with Crippen LogP contribution in [-0.4, -0.2) is 29.1 Å². The summed E-state index contributed by atoms with van der Waals surface area (Å²) in [6.45, 7) is 1.42. The molecular weight excluding hydrogens is 360 g/mol. The number of nitrogens with one attached hydrogen (secondary N) is 2. The molecule has 7 nitrogen and oxygen atoms in total. The summed E-state index contributed by atoms with van der Waals surface area (Å²) in [5.74, 6) is 0.213. The van der Waals surface area contributed by atoms with Gasteiger partial charge in [-0.3, -0.25) is 9.59 Å². The first kappa shape index (κ1) is 17.2. The number of thiazole rings is 1. The molecule has 2 amide bonds. The van der Waals surface area contributed by atoms with Gasteiger partial charge in [-0.2, -0.15) is 0 Å². The standard InChI is InChI=1S/C16H14N4O3S2/c1-9(21)18-15-17-8-10(24-15)7-13-14(22)20-16(25-13)19-11-5-3-4-6-12(11)23-2/h3-8H,1-2H3,(H,17,18,21)(H,19,20,22). The SMILES string of the molecule is COc1ccccc1N=C1NC(=O)C(=Cc2cnc(NC(C)=O)s2)S1. The molecule has 1 aliphatic heterocycles. The lowest BCUT2D eigenvalue weighted by Crippen LogP contribution is -2.19. The zero-order valence-electron chi connectivity index (χ0n) is 13.4. The average Bonchev–Trinajstić information content (AvgIpc) is 3.14. The van der Waals surface area contributed by atoms with Gasteiger partial charge < -0.3 is 15.4 Å². The molecule has 2 N–H and O–H groups in total. The van der Waals surface area contributed by atoms with E-state index in [0.29, 0.717) is 26.6 Å². The van der Waals surface area contributed by atoms with E-state index >= 15 is 0 Å². The van der Waals surface area contributed by atoms with E-state index in [9.17, 15) is 9.59 Å². The molecule has 0 spiro atoms. The minimum atomic E-state index is -0.229. The van der Waals surface area contributed by atoms with Crippen LogP contribution in [0.2, 0.25) is 0 Å². The molecule has 1 aliphatic rings. The van der Waals surface area contributed by atoms with Gasteiger partial charge in [0.25, 0.3) is 5.91 Å². The van der Waals surface area contributed by atoms with Gasteiger partial charge in [0.05, 0.1) is 16.9 Å². The molecule has 128 valence electrons. The monoisotopic (exact) mass is 374 g/mol. The first-order chi connectivity index (χ1) is 12.0. The molecule has 0 aliphatic carbocycles. The normalized spacial score (nSPS) is 17.0. The van der Waals surface area contributed by atoms with Crippen molar-refractivity contribution in [1.29, 1.82) is 0 Å². The Balaban J connectivity index is 1.79. The summed E-state index contributed by atoms with van der Waals surface area (Å²) in [4.78, 5) is 32.9. The van der Waals surface area contributed by atoms with Crippen LogP contribution in [0, 0.1) is 0 Å². The van der Waals surface area contributed by atoms with Crippen LogP contribution in [0.3, 0.4) is 0 Å². The lowest BCUT2D eigenvalue weighted by molar-refractivity contribution is -0.115. The summed E-state index contributed by atoms with van der Waals surface area (Å²) in [6.07, 6.45) is 3.32. The van der Waals surface area contributed by atoms with Crippen LogP contribution in [0.15, 0.2) is 40.4 Å². The maximum atomic E-state index is 12.1. The Morgan fingerprint density at radius 1 is 1.40 bits per heavy atom. The Kier molecular flexibility index (Phi) is 5.15. The molecule has 0 unspecified atom stereocenters. The summed E-state index contributed by atoms with van der Waals surface area (Å²) in [5.41, 5.74) is 0.639. The van der Waals surface area contributed by atoms with Crippen LogP contribution in [0.1, 0.15) is 11.8 Å². The predicted octanol–water partition coefficient (Wildman–Crippen LogP) is 3.00. The number of anilines is 1. The number of amidine groups is 1. The van der Waals surface area contributed by atoms with Crippen LogP contribution in [0.4, 0.5) is 10.8 Å². The third kappa shape index (κ3) is 4.25. The van der Waals surface area contributed by atoms with E-state index in [1.165, 1.54) is 30.0 Å². The molecule has 1 aromatic heterocycles. The van der Waals surface area contributed by atoms with Gasteiger partial charge in [0.2, 0.25) is 5.91 Å². The fraction of sp³-hybridized carbons (Fsp3) is 0.125. The Hall–Kier alpha value is -2.65. The highest BCUT2D eigenvalue weighted by Crippen LogP contribution is 2.32. The summed E-state index contributed by atoms with van der Waals surface area (Å²) in [7, 11) is 1.57. The molecule has 1 fully saturated rings. The quantitative estimate of drug-likeness (QED) is 0.803. The topological polar surface area (TPSA) is 92.7 Å². The van der Waals surface area contributed by atoms with E-state index in [1.54, 1.807) is 25.4 Å². The lowest BCUT2D eigenvalue weighted by Gasteiger charge is -2.03. The van der Waals surface area contributed by atoms with Gasteiger partial charge in [-0.25, -0.2) is 9.98 Å². The fourth-order valence-corrected chi connectivity index (χ4v) is 3.71. The second-order valence-electron chi connectivity index (χ2n) is 4.90. The van der Waals surface area contributed by atoms with E-state index in [2.05, 4.69) is 20.6 Å². The van der Waals surface area contributed by atoms with Crippen molar-refractivity contribution in [2.75, 3.05) is 12.4 Å². The van der Waals surface area contributed by atoms with Crippen molar-refractivity contribution in [1.82, 2.24) is 10.3 Å². The van der Waals surface area contributed by atoms with Crippen LogP contribution in [-0.2, 0) is 9.59 Å². The van der Waals surface area contributed by atoms with E-state index in [-0.39, 0.29) is 11.8 Å². The molecule has 0 atom stereocenters. The summed E-state index contributed by atoms with van der Waals surface area (Å²) >= 11 is 2.53. The van der Waals surface area contributed by atoms with Crippen molar-refractivity contribution in [2.45, 2.75) is 6.92 Å². The van der Waals surface area contributed by atoms with Crippen LogP contribution >= 0.6 is 23.1 Å². The Morgan fingerprint density at radius 2 is 2.20 bits per heavy atom. The van der Waals surface area contributed by atoms with Crippen molar-refractivity contribution in [3.8, 4) is 5.75 Å². The average molecular weight is 374 g/mol. The number of para-hydroxylation sites is 2. The van der Waals surface area contributed by atoms with Gasteiger partial charge in [0, 0.05) is 13.1 Å². The number of aromatic nitrogens is 1. The number of nitrogens with zero attached hydrogens (tertiary/aromatic N) is 2. The maximum Gasteiger partial charge on any atom is 0.264 e. The first-order valence-corrected chi connectivity index (χ1v) is 8.84. The van der Waals surface area contributed by atoms with Crippen molar-refractivity contribution in [2.24, 2.45) is 4.99 Å². The number of benzene rings is 1. The Bertz CT molecular complexity index is 889. The third-order valence-electron chi connectivity index (χ3n) is 3.04. The number of ether oxygens (including phenoxy) is 1. The van der Waals surface area contributed by atoms with Crippen LogP contribution < -0.4 is 15.4 Å². The second-order valence-corrected chi connectivity index (χ2v) is 7.00. The lowest BCUT2D eigenvalue weighted by atomic mass is 10.3. The molecule has 1 saturated heterocycles. The molecule has 9 heteroatoms. The van der Waals surface area contributed by atoms with Gasteiger partial charge in [0.1, 0.15) is 11.4 Å². The predicted molar refractivity (Wildman–Crippen MR) is 100 cm³/mol. The second kappa shape index (κ2) is 7.49. The molecule has 0 bridgehead atoms. The number of thioether (sulfide) groups is 1. The van der Waals surface area contributed by atoms with Crippen molar-refractivity contribution in [3.05, 3.63) is 40.2 Å². The highest BCUT2D eigenvalue weighted by atomic mass is 32.2. The number of carbonyl (C=O) groups excluding carboxylic acids is 2. The number of hydrogen-bond acceptors (Lipinski definition) is 7. The van der Waals surface area contributed by atoms with Crippen molar-refractivity contribution >= 4 is 57.0 Å². The highest BCUT2D eigenvalue weighted by molar-refractivity contribution is 8.18. The number of amides is 2. The number of aliphatic imine (C=N–C) groups is 1. The number of hydrogen-bond donors (Lipinski definition) is 2. The van der Waals surface area contributed by atoms with E-state index in [1.807, 2.05) is 18.2 Å². The molecule has 1 aromatic carbocycles. The largest absolute Gasteiger partial charge is 0.494 e. The molecule has 0 saturated carbocycles. The summed E-state index contributed by atoms with van der Waals surface area (Å²) in [5, 5.41) is 6.31. The smallest absolute Gasteiger partial charge is 0.264 e. The number of rotatable bonds is 4. The van der Waals surface area contributed by atoms with Gasteiger partial charge >= 0.3 is 0 Å². The maximum absolute atomic E-state index is 12.1. The van der Waals surface area contributed by atoms with Crippen LogP contribution in [0.5, 0.6) is 5.75 Å². The van der Waals surface area contributed by atoms with Crippen molar-refractivity contribution < 1.29 is 14.3 Å². The Morgan fingerprint density at radius 3 is 2.96 bits per heavy atom. The number of carbonyl (C=O) groups is 2. The minimum Gasteiger partial charge on any atom is -0.494 e. The van der Waals surface area contributed by atoms with Gasteiger partial charge in [-0.15, -0.1) is 0 Å². The summed E-state index contributed by atoms with van der Waals surface area (Å²) in [6, 6.07) is 7.31. The zero-order valence-corrected chi connectivity index (χ0v) is 15.0. The highest BCUT2D eigenvalue weighted by Gasteiger charge is 2.24. The molecule has 3 rings (SSSR count). The van der Waals surface area contributed by atoms with Gasteiger partial charge in [-0.1, -0.05) is 23.5 Å². The number of methoxy groups -OCH3 is 1. The summed E-state index contributed by atoms with van der Waals surface area (Å²) < 4.78 is 5.25. The third-order valence-corrected chi connectivity index (χ3v) is 4.81. The van der Waals surface area contributed by atoms with E-state index in [4.69, 9.17) is 4.74 Å².